The van der Waals surface area contributed by atoms with Crippen LogP contribution in [0.25, 0.3) is 0 Å². The van der Waals surface area contributed by atoms with E-state index in [2.05, 4.69) is 110 Å². The zero-order valence-electron chi connectivity index (χ0n) is 22.3. The minimum absolute atomic E-state index is 0.0451. The smallest absolute Gasteiger partial charge is 0.309 e. The molecule has 1 aliphatic rings. The lowest BCUT2D eigenvalue weighted by molar-refractivity contribution is -0.142. The van der Waals surface area contributed by atoms with E-state index in [1.54, 1.807) is 7.11 Å². The molecule has 0 saturated heterocycles. The standard InChI is InChI=1S/C24H46O3Si4/c1-23(2,3)24(20(21(24)22(25)26-4)19-17-15-14-16-18-19)31(29(8,9)10,30(11,12)13)27-28(5,6)7/h14-18,20-21H,1-13H3/t20?,21?,24-/m0/s1. The number of hydrogen-bond acceptors (Lipinski definition) is 3. The van der Waals surface area contributed by atoms with Gasteiger partial charge in [-0.1, -0.05) is 90.4 Å². The average molecular weight is 495 g/mol. The first kappa shape index (κ1) is 26.8. The predicted molar refractivity (Wildman–Crippen MR) is 144 cm³/mol. The number of ether oxygens (including phenoxy) is 1. The number of carbonyl (C=O) groups excluding carboxylic acids is 1. The van der Waals surface area contributed by atoms with E-state index < -0.39 is 30.9 Å². The Morgan fingerprint density at radius 1 is 0.871 bits per heavy atom. The molecule has 0 amide bonds. The van der Waals surface area contributed by atoms with Crippen molar-refractivity contribution in [2.45, 2.75) is 90.7 Å². The summed E-state index contributed by atoms with van der Waals surface area (Å²) in [6.45, 7) is 29.3. The molecule has 0 radical (unpaired) electrons. The van der Waals surface area contributed by atoms with E-state index in [4.69, 9.17) is 8.85 Å². The van der Waals surface area contributed by atoms with Gasteiger partial charge in [-0.2, -0.15) is 0 Å². The fourth-order valence-corrected chi connectivity index (χ4v) is 70.7. The zero-order valence-corrected chi connectivity index (χ0v) is 26.3. The molecule has 2 rings (SSSR count). The van der Waals surface area contributed by atoms with Crippen LogP contribution in [0.5, 0.6) is 0 Å². The Labute approximate surface area is 195 Å². The topological polar surface area (TPSA) is 35.5 Å². The molecule has 0 bridgehead atoms. The Morgan fingerprint density at radius 3 is 1.65 bits per heavy atom. The van der Waals surface area contributed by atoms with E-state index in [0.29, 0.717) is 0 Å². The largest absolute Gasteiger partial charge is 0.469 e. The van der Waals surface area contributed by atoms with Gasteiger partial charge in [-0.3, -0.25) is 4.79 Å². The normalized spacial score (nSPS) is 25.3. The van der Waals surface area contributed by atoms with Crippen molar-refractivity contribution in [3.63, 3.8) is 0 Å². The summed E-state index contributed by atoms with van der Waals surface area (Å²) >= 11 is 0. The van der Waals surface area contributed by atoms with Gasteiger partial charge in [0.25, 0.3) is 0 Å². The quantitative estimate of drug-likeness (QED) is 0.303. The molecule has 2 unspecified atom stereocenters. The summed E-state index contributed by atoms with van der Waals surface area (Å²) in [6.07, 6.45) is 0. The van der Waals surface area contributed by atoms with E-state index in [1.807, 2.05) is 0 Å². The molecule has 31 heavy (non-hydrogen) atoms. The summed E-state index contributed by atoms with van der Waals surface area (Å²) in [5.41, 5.74) is 1.21. The van der Waals surface area contributed by atoms with E-state index >= 15 is 0 Å². The van der Waals surface area contributed by atoms with Crippen molar-refractivity contribution >= 4 is 36.8 Å². The first-order valence-electron chi connectivity index (χ1n) is 11.6. The molecular weight excluding hydrogens is 449 g/mol. The monoisotopic (exact) mass is 494 g/mol. The minimum atomic E-state index is -2.44. The number of methoxy groups -OCH3 is 1. The summed E-state index contributed by atoms with van der Waals surface area (Å²) in [5.74, 6) is 0.000289. The SMILES string of the molecule is COC(=O)C1C(c2ccccc2)[C@]1(C(C)(C)C)[Si](O[Si](C)(C)C)([Si](C)(C)C)[Si](C)(C)C. The van der Waals surface area contributed by atoms with Crippen molar-refractivity contribution in [1.82, 2.24) is 0 Å². The van der Waals surface area contributed by atoms with Gasteiger partial charge in [0.05, 0.1) is 28.2 Å². The van der Waals surface area contributed by atoms with Gasteiger partial charge in [0.1, 0.15) is 0 Å². The van der Waals surface area contributed by atoms with E-state index in [1.165, 1.54) is 5.56 Å². The lowest BCUT2D eigenvalue weighted by Crippen LogP contribution is -2.80. The Kier molecular flexibility index (Phi) is 6.97. The molecule has 0 heterocycles. The fraction of sp³-hybridized carbons (Fsp3) is 0.708. The molecule has 1 aliphatic carbocycles. The maximum absolute atomic E-state index is 13.5. The van der Waals surface area contributed by atoms with E-state index in [-0.39, 0.29) is 28.3 Å². The van der Waals surface area contributed by atoms with Crippen LogP contribution in [-0.4, -0.2) is 43.9 Å². The summed E-state index contributed by atoms with van der Waals surface area (Å²) in [7, 11) is -6.43. The number of rotatable bonds is 7. The Morgan fingerprint density at radius 2 is 1.32 bits per heavy atom. The molecule has 7 heteroatoms. The third-order valence-electron chi connectivity index (χ3n) is 7.21. The maximum Gasteiger partial charge on any atom is 0.309 e. The van der Waals surface area contributed by atoms with Crippen LogP contribution in [0.1, 0.15) is 32.3 Å². The van der Waals surface area contributed by atoms with Crippen molar-refractivity contribution in [3.05, 3.63) is 35.9 Å². The third kappa shape index (κ3) is 4.14. The number of benzene rings is 1. The van der Waals surface area contributed by atoms with Crippen LogP contribution in [0, 0.1) is 11.3 Å². The summed E-state index contributed by atoms with van der Waals surface area (Å²) in [5, 5.41) is -0.163. The van der Waals surface area contributed by atoms with E-state index in [0.717, 1.165) is 0 Å². The molecule has 0 N–H and O–H groups in total. The number of carbonyl (C=O) groups is 1. The number of hydrogen-bond donors (Lipinski definition) is 0. The summed E-state index contributed by atoms with van der Waals surface area (Å²) < 4.78 is 13.2. The van der Waals surface area contributed by atoms with Gasteiger partial charge in [0.15, 0.2) is 15.7 Å². The van der Waals surface area contributed by atoms with Gasteiger partial charge < -0.3 is 8.85 Å². The van der Waals surface area contributed by atoms with Gasteiger partial charge in [0, 0.05) is 11.0 Å². The first-order valence-corrected chi connectivity index (χ1v) is 25.9. The van der Waals surface area contributed by atoms with Crippen molar-refractivity contribution < 1.29 is 13.6 Å². The van der Waals surface area contributed by atoms with Crippen LogP contribution < -0.4 is 0 Å². The minimum Gasteiger partial charge on any atom is -0.469 e. The van der Waals surface area contributed by atoms with Crippen LogP contribution in [0.3, 0.4) is 0 Å². The van der Waals surface area contributed by atoms with Crippen molar-refractivity contribution in [2.24, 2.45) is 11.3 Å². The van der Waals surface area contributed by atoms with E-state index in [9.17, 15) is 4.79 Å². The predicted octanol–water partition coefficient (Wildman–Crippen LogP) is 6.99. The lowest BCUT2D eigenvalue weighted by Gasteiger charge is -2.61. The fourth-order valence-electron chi connectivity index (χ4n) is 7.07. The molecule has 1 fully saturated rings. The maximum atomic E-state index is 13.5. The van der Waals surface area contributed by atoms with Gasteiger partial charge >= 0.3 is 5.97 Å². The van der Waals surface area contributed by atoms with Crippen LogP contribution in [0.2, 0.25) is 64.0 Å². The highest BCUT2D eigenvalue weighted by Gasteiger charge is 2.87. The van der Waals surface area contributed by atoms with Crippen LogP contribution in [-0.2, 0) is 13.6 Å². The third-order valence-corrected chi connectivity index (χ3v) is 48.1. The second-order valence-corrected chi connectivity index (χ2v) is 44.4. The van der Waals surface area contributed by atoms with Gasteiger partial charge in [-0.15, -0.1) is 0 Å². The molecular formula is C24H46O3Si4. The second-order valence-electron chi connectivity index (χ2n) is 13.4. The highest BCUT2D eigenvalue weighted by atomic mass is 29.7. The first-order chi connectivity index (χ1) is 13.8. The molecule has 3 nitrogen and oxygen atoms in total. The average Bonchev–Trinajstić information content (AvgIpc) is 3.28. The van der Waals surface area contributed by atoms with Gasteiger partial charge in [-0.05, 0) is 30.6 Å². The Balaban J connectivity index is 3.04. The second kappa shape index (κ2) is 8.08. The van der Waals surface area contributed by atoms with Crippen LogP contribution in [0.15, 0.2) is 30.3 Å². The van der Waals surface area contributed by atoms with Gasteiger partial charge in [0.2, 0.25) is 0 Å². The van der Waals surface area contributed by atoms with Gasteiger partial charge in [-0.25, -0.2) is 0 Å². The number of esters is 1. The van der Waals surface area contributed by atoms with Crippen molar-refractivity contribution in [3.8, 4) is 0 Å². The molecule has 1 saturated carbocycles. The molecule has 1 aromatic carbocycles. The molecule has 0 aromatic heterocycles. The molecule has 1 aromatic rings. The van der Waals surface area contributed by atoms with Crippen molar-refractivity contribution in [1.29, 1.82) is 0 Å². The summed E-state index contributed by atoms with van der Waals surface area (Å²) in [4.78, 5) is 13.5. The molecule has 0 spiro atoms. The van der Waals surface area contributed by atoms with Crippen LogP contribution >= 0.6 is 0 Å². The van der Waals surface area contributed by atoms with Crippen molar-refractivity contribution in [2.75, 3.05) is 7.11 Å². The highest BCUT2D eigenvalue weighted by molar-refractivity contribution is 7.68. The summed E-state index contributed by atoms with van der Waals surface area (Å²) in [6, 6.07) is 10.7. The lowest BCUT2D eigenvalue weighted by atomic mass is 9.86. The highest BCUT2D eigenvalue weighted by Crippen LogP contribution is 2.84. The Bertz CT molecular complexity index is 783. The van der Waals surface area contributed by atoms with Crippen LogP contribution in [0.4, 0.5) is 0 Å². The Hall–Kier alpha value is -0.482. The molecule has 3 atom stereocenters. The molecule has 176 valence electrons. The zero-order chi connectivity index (χ0) is 24.3. The molecule has 0 aliphatic heterocycles.